The summed E-state index contributed by atoms with van der Waals surface area (Å²) in [6.45, 7) is 6.73. The van der Waals surface area contributed by atoms with Crippen molar-refractivity contribution in [3.05, 3.63) is 132 Å². The van der Waals surface area contributed by atoms with Crippen molar-refractivity contribution in [1.29, 1.82) is 0 Å². The van der Waals surface area contributed by atoms with Gasteiger partial charge in [0.1, 0.15) is 24.7 Å². The van der Waals surface area contributed by atoms with Gasteiger partial charge >= 0.3 is 0 Å². The van der Waals surface area contributed by atoms with Crippen LogP contribution >= 0.6 is 0 Å². The third-order valence-corrected chi connectivity index (χ3v) is 6.47. The summed E-state index contributed by atoms with van der Waals surface area (Å²) in [6.07, 6.45) is 9.32. The van der Waals surface area contributed by atoms with Crippen LogP contribution in [0.1, 0.15) is 22.3 Å². The highest BCUT2D eigenvalue weighted by molar-refractivity contribution is 5.63. The molecule has 0 unspecified atom stereocenters. The number of ether oxygens (including phenoxy) is 4. The topological polar surface area (TPSA) is 36.9 Å². The first-order valence-electron chi connectivity index (χ1n) is 12.3. The molecule has 0 radical (unpaired) electrons. The highest BCUT2D eigenvalue weighted by Crippen LogP contribution is 2.47. The minimum absolute atomic E-state index is 0.509. The Kier molecular flexibility index (Phi) is 8.77. The van der Waals surface area contributed by atoms with Crippen LogP contribution in [0.25, 0.3) is 0 Å². The van der Waals surface area contributed by atoms with E-state index >= 15 is 0 Å². The van der Waals surface area contributed by atoms with Gasteiger partial charge in [-0.05, 0) is 58.5 Å². The van der Waals surface area contributed by atoms with E-state index in [9.17, 15) is 0 Å². The molecule has 1 aliphatic rings. The second-order valence-corrected chi connectivity index (χ2v) is 8.66. The van der Waals surface area contributed by atoms with Gasteiger partial charge in [-0.2, -0.15) is 0 Å². The standard InChI is InChI=1S/C32H34O4/c1-25-9-5-4-6-10-26-11-7-8-12-31(26)32(25,27-13-17-29(18-14-27)35-23-21-33-2)28-15-19-30(20-16-28)36-24-22-34-3/h4-9,11-20H,1,10,21-24H2,2-3H3/b6-4-,9-5-. The highest BCUT2D eigenvalue weighted by atomic mass is 16.5. The predicted octanol–water partition coefficient (Wildman–Crippen LogP) is 6.30. The van der Waals surface area contributed by atoms with Gasteiger partial charge in [0.15, 0.2) is 0 Å². The Morgan fingerprint density at radius 1 is 0.694 bits per heavy atom. The van der Waals surface area contributed by atoms with Gasteiger partial charge < -0.3 is 18.9 Å². The van der Waals surface area contributed by atoms with Crippen LogP contribution in [0.5, 0.6) is 11.5 Å². The second kappa shape index (κ2) is 12.4. The number of methoxy groups -OCH3 is 2. The van der Waals surface area contributed by atoms with Crippen LogP contribution in [-0.4, -0.2) is 40.6 Å². The summed E-state index contributed by atoms with van der Waals surface area (Å²) in [5, 5.41) is 0. The molecule has 0 aromatic heterocycles. The lowest BCUT2D eigenvalue weighted by atomic mass is 9.63. The SMILES string of the molecule is C=C1/C=C\C=C/Cc2ccccc2C1(c1ccc(OCCOC)cc1)c1ccc(OCCOC)cc1. The zero-order valence-electron chi connectivity index (χ0n) is 21.1. The lowest BCUT2D eigenvalue weighted by Gasteiger charge is -2.38. The summed E-state index contributed by atoms with van der Waals surface area (Å²) >= 11 is 0. The predicted molar refractivity (Wildman–Crippen MR) is 145 cm³/mol. The molecule has 0 amide bonds. The second-order valence-electron chi connectivity index (χ2n) is 8.66. The number of fused-ring (bicyclic) bond motifs is 1. The molecule has 1 aliphatic carbocycles. The van der Waals surface area contributed by atoms with E-state index in [2.05, 4.69) is 79.4 Å². The van der Waals surface area contributed by atoms with Crippen LogP contribution < -0.4 is 9.47 Å². The highest BCUT2D eigenvalue weighted by Gasteiger charge is 2.40. The Morgan fingerprint density at radius 3 is 1.81 bits per heavy atom. The normalized spacial score (nSPS) is 16.2. The Labute approximate surface area is 214 Å². The molecule has 3 aromatic carbocycles. The van der Waals surface area contributed by atoms with Gasteiger partial charge in [0, 0.05) is 14.2 Å². The first-order valence-corrected chi connectivity index (χ1v) is 12.3. The Bertz CT molecular complexity index is 1140. The molecule has 0 heterocycles. The van der Waals surface area contributed by atoms with Crippen molar-refractivity contribution >= 4 is 0 Å². The summed E-state index contributed by atoms with van der Waals surface area (Å²) in [5.74, 6) is 1.62. The van der Waals surface area contributed by atoms with Crippen LogP contribution in [0.2, 0.25) is 0 Å². The van der Waals surface area contributed by atoms with Gasteiger partial charge in [-0.25, -0.2) is 0 Å². The number of hydrogen-bond acceptors (Lipinski definition) is 4. The molecular formula is C32H34O4. The van der Waals surface area contributed by atoms with Crippen molar-refractivity contribution in [1.82, 2.24) is 0 Å². The molecule has 186 valence electrons. The smallest absolute Gasteiger partial charge is 0.119 e. The molecule has 36 heavy (non-hydrogen) atoms. The first kappa shape index (κ1) is 25.5. The molecule has 0 atom stereocenters. The summed E-state index contributed by atoms with van der Waals surface area (Å²) in [7, 11) is 3.35. The van der Waals surface area contributed by atoms with E-state index in [1.165, 1.54) is 11.1 Å². The lowest BCUT2D eigenvalue weighted by molar-refractivity contribution is 0.146. The largest absolute Gasteiger partial charge is 0.491 e. The number of rotatable bonds is 10. The number of allylic oxidation sites excluding steroid dienone is 5. The van der Waals surface area contributed by atoms with Crippen molar-refractivity contribution in [3.63, 3.8) is 0 Å². The number of benzene rings is 3. The summed E-state index contributed by atoms with van der Waals surface area (Å²) < 4.78 is 21.9. The van der Waals surface area contributed by atoms with Gasteiger partial charge in [0.05, 0.1) is 18.6 Å². The van der Waals surface area contributed by atoms with Crippen LogP contribution in [-0.2, 0) is 21.3 Å². The molecule has 0 bridgehead atoms. The molecule has 0 N–H and O–H groups in total. The van der Waals surface area contributed by atoms with E-state index < -0.39 is 5.41 Å². The zero-order valence-corrected chi connectivity index (χ0v) is 21.1. The third kappa shape index (κ3) is 5.46. The van der Waals surface area contributed by atoms with E-state index in [1.807, 2.05) is 24.3 Å². The third-order valence-electron chi connectivity index (χ3n) is 6.47. The molecule has 4 nitrogen and oxygen atoms in total. The van der Waals surface area contributed by atoms with Crippen molar-refractivity contribution < 1.29 is 18.9 Å². The number of hydrogen-bond donors (Lipinski definition) is 0. The molecule has 0 aliphatic heterocycles. The van der Waals surface area contributed by atoms with Crippen molar-refractivity contribution in [2.24, 2.45) is 0 Å². The minimum Gasteiger partial charge on any atom is -0.491 e. The molecule has 0 saturated carbocycles. The van der Waals surface area contributed by atoms with Gasteiger partial charge in [0.2, 0.25) is 0 Å². The fourth-order valence-corrected chi connectivity index (χ4v) is 4.74. The van der Waals surface area contributed by atoms with E-state index in [-0.39, 0.29) is 0 Å². The summed E-state index contributed by atoms with van der Waals surface area (Å²) in [4.78, 5) is 0. The van der Waals surface area contributed by atoms with Crippen LogP contribution in [0.3, 0.4) is 0 Å². The van der Waals surface area contributed by atoms with Crippen LogP contribution in [0, 0.1) is 0 Å². The maximum absolute atomic E-state index is 5.85. The van der Waals surface area contributed by atoms with E-state index in [0.29, 0.717) is 26.4 Å². The van der Waals surface area contributed by atoms with E-state index in [0.717, 1.165) is 34.6 Å². The van der Waals surface area contributed by atoms with Crippen molar-refractivity contribution in [2.75, 3.05) is 40.6 Å². The fraction of sp³-hybridized carbons (Fsp3) is 0.250. The molecular weight excluding hydrogens is 448 g/mol. The fourth-order valence-electron chi connectivity index (χ4n) is 4.74. The maximum atomic E-state index is 5.85. The minimum atomic E-state index is -0.588. The zero-order chi connectivity index (χ0) is 25.2. The van der Waals surface area contributed by atoms with Gasteiger partial charge in [-0.3, -0.25) is 0 Å². The Morgan fingerprint density at radius 2 is 1.25 bits per heavy atom. The summed E-state index contributed by atoms with van der Waals surface area (Å²) in [6, 6.07) is 25.3. The monoisotopic (exact) mass is 482 g/mol. The average molecular weight is 483 g/mol. The van der Waals surface area contributed by atoms with Crippen molar-refractivity contribution in [3.8, 4) is 11.5 Å². The maximum Gasteiger partial charge on any atom is 0.119 e. The Balaban J connectivity index is 1.86. The molecule has 4 rings (SSSR count). The summed E-state index contributed by atoms with van der Waals surface area (Å²) in [5.41, 5.74) is 5.13. The molecule has 3 aromatic rings. The van der Waals surface area contributed by atoms with Gasteiger partial charge in [-0.15, -0.1) is 0 Å². The quantitative estimate of drug-likeness (QED) is 0.318. The van der Waals surface area contributed by atoms with Crippen LogP contribution in [0.15, 0.2) is 109 Å². The first-order chi connectivity index (χ1) is 17.7. The van der Waals surface area contributed by atoms with E-state index in [1.54, 1.807) is 14.2 Å². The van der Waals surface area contributed by atoms with Gasteiger partial charge in [-0.1, -0.05) is 79.4 Å². The molecule has 0 spiro atoms. The van der Waals surface area contributed by atoms with Crippen LogP contribution in [0.4, 0.5) is 0 Å². The van der Waals surface area contributed by atoms with Crippen molar-refractivity contribution in [2.45, 2.75) is 11.8 Å². The van der Waals surface area contributed by atoms with E-state index in [4.69, 9.17) is 18.9 Å². The van der Waals surface area contributed by atoms with Gasteiger partial charge in [0.25, 0.3) is 0 Å². The molecule has 0 saturated heterocycles. The Hall–Kier alpha value is -3.60. The molecule has 4 heteroatoms. The lowest BCUT2D eigenvalue weighted by Crippen LogP contribution is -2.32. The molecule has 0 fully saturated rings. The average Bonchev–Trinajstić information content (AvgIpc) is 2.98.